The second-order valence-corrected chi connectivity index (χ2v) is 14.0. The number of hydrogen-bond acceptors (Lipinski definition) is 3. The molecule has 0 fully saturated rings. The number of nitrogens with zero attached hydrogens (tertiary/aromatic N) is 1. The van der Waals surface area contributed by atoms with Crippen molar-refractivity contribution in [3.63, 3.8) is 0 Å². The van der Waals surface area contributed by atoms with Gasteiger partial charge in [-0.05, 0) is 59.0 Å². The van der Waals surface area contributed by atoms with E-state index in [9.17, 15) is 0 Å². The van der Waals surface area contributed by atoms with Crippen LogP contribution in [-0.2, 0) is 10.2 Å². The van der Waals surface area contributed by atoms with Crippen LogP contribution < -0.4 is 4.90 Å². The average molecular weight is 648 g/mol. The van der Waals surface area contributed by atoms with E-state index < -0.39 is 0 Å². The lowest BCUT2D eigenvalue weighted by Gasteiger charge is -2.54. The highest BCUT2D eigenvalue weighted by atomic mass is 32.1. The van der Waals surface area contributed by atoms with Crippen LogP contribution in [0.25, 0.3) is 22.2 Å². The van der Waals surface area contributed by atoms with Crippen molar-refractivity contribution in [2.75, 3.05) is 18.1 Å². The van der Waals surface area contributed by atoms with Crippen molar-refractivity contribution < 1.29 is 4.74 Å². The van der Waals surface area contributed by atoms with Crippen LogP contribution in [0, 0.1) is 5.92 Å². The first-order chi connectivity index (χ1) is 23.8. The zero-order valence-electron chi connectivity index (χ0n) is 27.9. The minimum Gasteiger partial charge on any atom is -0.377 e. The molecule has 0 saturated heterocycles. The molecule has 3 heteroatoms. The number of rotatable bonds is 13. The van der Waals surface area contributed by atoms with Gasteiger partial charge in [0.2, 0.25) is 0 Å². The van der Waals surface area contributed by atoms with E-state index in [0.717, 1.165) is 13.0 Å². The molecule has 48 heavy (non-hydrogen) atoms. The average Bonchev–Trinajstić information content (AvgIpc) is 3.50. The Hall–Kier alpha value is -4.44. The van der Waals surface area contributed by atoms with Crippen molar-refractivity contribution in [2.45, 2.75) is 50.5 Å². The van der Waals surface area contributed by atoms with E-state index in [-0.39, 0.29) is 17.4 Å². The van der Waals surface area contributed by atoms with E-state index in [1.807, 2.05) is 17.4 Å². The summed E-state index contributed by atoms with van der Waals surface area (Å²) in [6, 6.07) is 38.3. The summed E-state index contributed by atoms with van der Waals surface area (Å²) in [5.74, 6) is 0.171. The van der Waals surface area contributed by atoms with Gasteiger partial charge >= 0.3 is 0 Å². The lowest BCUT2D eigenvalue weighted by atomic mass is 9.56. The van der Waals surface area contributed by atoms with Crippen LogP contribution >= 0.6 is 11.3 Å². The Morgan fingerprint density at radius 3 is 2.27 bits per heavy atom. The molecule has 2 heterocycles. The Labute approximate surface area is 290 Å². The van der Waals surface area contributed by atoms with Gasteiger partial charge in [0.15, 0.2) is 0 Å². The summed E-state index contributed by atoms with van der Waals surface area (Å²) >= 11 is 1.83. The van der Waals surface area contributed by atoms with Crippen LogP contribution in [-0.4, -0.2) is 19.3 Å². The summed E-state index contributed by atoms with van der Waals surface area (Å²) in [5, 5.41) is 1.25. The standard InChI is InChI=1S/C45H45NOS/c1-3-5-6-7-18-31-47-32-19-28-43-37(4-2)38-33-36(29-30-44(38)48-43)46-41-26-16-14-24-39(41)45(34-20-10-8-11-21-34,35-22-12-9-13-23-35)40-25-15-17-27-42(40)46/h4,8-17,19-30,33,39,41H,2-3,5-7,18,31-32H2,1H3/b28-19-. The van der Waals surface area contributed by atoms with Crippen LogP contribution in [0.4, 0.5) is 11.4 Å². The quantitative estimate of drug-likeness (QED) is 0.118. The number of ether oxygens (including phenoxy) is 1. The summed E-state index contributed by atoms with van der Waals surface area (Å²) in [7, 11) is 0. The highest BCUT2D eigenvalue weighted by Gasteiger charge is 2.52. The Balaban J connectivity index is 1.28. The Kier molecular flexibility index (Phi) is 9.88. The van der Waals surface area contributed by atoms with E-state index >= 15 is 0 Å². The van der Waals surface area contributed by atoms with Crippen LogP contribution in [0.5, 0.6) is 0 Å². The molecule has 5 aromatic rings. The molecule has 1 aliphatic heterocycles. The Morgan fingerprint density at radius 1 is 0.812 bits per heavy atom. The summed E-state index contributed by atoms with van der Waals surface area (Å²) in [6.07, 6.45) is 22.0. The van der Waals surface area contributed by atoms with Gasteiger partial charge in [-0.25, -0.2) is 0 Å². The summed E-state index contributed by atoms with van der Waals surface area (Å²) < 4.78 is 7.19. The molecule has 0 saturated carbocycles. The SMILES string of the molecule is C=Cc1c(/C=C\COCCCCCCC)sc2ccc(N3c4ccccc4C(c4ccccc4)(c4ccccc4)C4C=CC=CC43)cc12. The lowest BCUT2D eigenvalue weighted by Crippen LogP contribution is -2.53. The van der Waals surface area contributed by atoms with Gasteiger partial charge < -0.3 is 9.64 Å². The molecule has 7 rings (SSSR count). The van der Waals surface area contributed by atoms with Crippen LogP contribution in [0.15, 0.2) is 140 Å². The fraction of sp³-hybridized carbons (Fsp3) is 0.244. The van der Waals surface area contributed by atoms with Crippen LogP contribution in [0.1, 0.15) is 66.2 Å². The van der Waals surface area contributed by atoms with Crippen molar-refractivity contribution in [1.82, 2.24) is 0 Å². The molecule has 0 amide bonds. The third kappa shape index (κ3) is 5.91. The van der Waals surface area contributed by atoms with Gasteiger partial charge in [0, 0.05) is 38.9 Å². The summed E-state index contributed by atoms with van der Waals surface area (Å²) in [4.78, 5) is 3.80. The van der Waals surface area contributed by atoms with E-state index in [2.05, 4.69) is 158 Å². The summed E-state index contributed by atoms with van der Waals surface area (Å²) in [6.45, 7) is 7.97. The minimum absolute atomic E-state index is 0.118. The number of para-hydroxylation sites is 1. The third-order valence-corrected chi connectivity index (χ3v) is 11.2. The molecular weight excluding hydrogens is 603 g/mol. The van der Waals surface area contributed by atoms with E-state index in [1.165, 1.54) is 74.3 Å². The number of hydrogen-bond donors (Lipinski definition) is 0. The first-order valence-electron chi connectivity index (χ1n) is 17.6. The maximum absolute atomic E-state index is 5.92. The van der Waals surface area contributed by atoms with Gasteiger partial charge in [-0.1, -0.05) is 155 Å². The Bertz CT molecular complexity index is 1890. The number of benzene rings is 4. The lowest BCUT2D eigenvalue weighted by molar-refractivity contribution is 0.157. The van der Waals surface area contributed by atoms with Gasteiger partial charge in [0.05, 0.1) is 18.1 Å². The monoisotopic (exact) mass is 647 g/mol. The molecule has 1 aliphatic carbocycles. The third-order valence-electron chi connectivity index (χ3n) is 10.0. The van der Waals surface area contributed by atoms with Crippen molar-refractivity contribution >= 4 is 44.9 Å². The van der Waals surface area contributed by atoms with Gasteiger partial charge in [-0.2, -0.15) is 0 Å². The molecule has 0 radical (unpaired) electrons. The molecular formula is C45H45NOS. The fourth-order valence-electron chi connectivity index (χ4n) is 7.90. The zero-order chi connectivity index (χ0) is 32.8. The molecule has 0 N–H and O–H groups in total. The second-order valence-electron chi connectivity index (χ2n) is 12.9. The largest absolute Gasteiger partial charge is 0.377 e. The van der Waals surface area contributed by atoms with Crippen molar-refractivity contribution in [1.29, 1.82) is 0 Å². The predicted molar refractivity (Wildman–Crippen MR) is 207 cm³/mol. The van der Waals surface area contributed by atoms with Crippen LogP contribution in [0.3, 0.4) is 0 Å². The number of anilines is 2. The molecule has 2 nitrogen and oxygen atoms in total. The van der Waals surface area contributed by atoms with E-state index in [1.54, 1.807) is 0 Å². The zero-order valence-corrected chi connectivity index (χ0v) is 28.7. The van der Waals surface area contributed by atoms with Crippen molar-refractivity contribution in [2.24, 2.45) is 5.92 Å². The number of thiophene rings is 1. The maximum atomic E-state index is 5.92. The summed E-state index contributed by atoms with van der Waals surface area (Å²) in [5.41, 5.74) is 7.24. The molecule has 2 atom stereocenters. The van der Waals surface area contributed by atoms with Gasteiger partial charge in [0.25, 0.3) is 0 Å². The molecule has 0 spiro atoms. The maximum Gasteiger partial charge on any atom is 0.0650 e. The molecule has 242 valence electrons. The minimum atomic E-state index is -0.351. The van der Waals surface area contributed by atoms with Gasteiger partial charge in [0.1, 0.15) is 0 Å². The van der Waals surface area contributed by atoms with E-state index in [4.69, 9.17) is 4.74 Å². The number of fused-ring (bicyclic) bond motifs is 3. The van der Waals surface area contributed by atoms with Gasteiger partial charge in [-0.3, -0.25) is 0 Å². The van der Waals surface area contributed by atoms with Gasteiger partial charge in [-0.15, -0.1) is 11.3 Å². The number of unbranched alkanes of at least 4 members (excludes halogenated alkanes) is 4. The highest BCUT2D eigenvalue weighted by molar-refractivity contribution is 7.20. The molecule has 1 aromatic heterocycles. The first-order valence-corrected chi connectivity index (χ1v) is 18.4. The van der Waals surface area contributed by atoms with Crippen molar-refractivity contribution in [3.8, 4) is 0 Å². The first kappa shape index (κ1) is 32.1. The second kappa shape index (κ2) is 14.8. The Morgan fingerprint density at radius 2 is 1.52 bits per heavy atom. The topological polar surface area (TPSA) is 12.5 Å². The smallest absolute Gasteiger partial charge is 0.0650 e. The predicted octanol–water partition coefficient (Wildman–Crippen LogP) is 12.1. The fourth-order valence-corrected chi connectivity index (χ4v) is 9.02. The molecule has 2 unspecified atom stereocenters. The molecule has 4 aromatic carbocycles. The van der Waals surface area contributed by atoms with Crippen molar-refractivity contribution in [3.05, 3.63) is 167 Å². The normalized spacial score (nSPS) is 17.9. The number of allylic oxidation sites excluding steroid dienone is 2. The molecule has 0 bridgehead atoms. The molecule has 2 aliphatic rings. The van der Waals surface area contributed by atoms with E-state index in [0.29, 0.717) is 6.61 Å². The highest BCUT2D eigenvalue weighted by Crippen LogP contribution is 2.57. The van der Waals surface area contributed by atoms with Crippen LogP contribution in [0.2, 0.25) is 0 Å².